The Labute approximate surface area is 140 Å². The number of allylic oxidation sites excluding steroid dienone is 2. The fourth-order valence-corrected chi connectivity index (χ4v) is 12.2. The van der Waals surface area contributed by atoms with E-state index in [1.165, 1.54) is 30.6 Å². The molecule has 1 saturated heterocycles. The molecule has 4 aliphatic rings. The van der Waals surface area contributed by atoms with Crippen molar-refractivity contribution in [1.29, 1.82) is 0 Å². The summed E-state index contributed by atoms with van der Waals surface area (Å²) in [6.45, 7) is 2.49. The van der Waals surface area contributed by atoms with Crippen LogP contribution in [0.3, 0.4) is 0 Å². The van der Waals surface area contributed by atoms with E-state index in [4.69, 9.17) is 0 Å². The van der Waals surface area contributed by atoms with Crippen LogP contribution >= 0.6 is 21.8 Å². The third-order valence-corrected chi connectivity index (χ3v) is 13.5. The summed E-state index contributed by atoms with van der Waals surface area (Å²) in [6, 6.07) is 0. The number of thioether (sulfide) groups is 1. The summed E-state index contributed by atoms with van der Waals surface area (Å²) in [7, 11) is -0.653. The monoisotopic (exact) mass is 336 g/mol. The van der Waals surface area contributed by atoms with Crippen molar-refractivity contribution in [3.05, 3.63) is 23.8 Å². The van der Waals surface area contributed by atoms with Crippen molar-refractivity contribution in [3.63, 3.8) is 0 Å². The van der Waals surface area contributed by atoms with Crippen LogP contribution in [0.2, 0.25) is 0 Å². The molecule has 0 N–H and O–H groups in total. The molecule has 2 aliphatic heterocycles. The van der Waals surface area contributed by atoms with Gasteiger partial charge in [0, 0.05) is 21.7 Å². The summed E-state index contributed by atoms with van der Waals surface area (Å²) in [5, 5.41) is 1.50. The second kappa shape index (κ2) is 5.17. The van der Waals surface area contributed by atoms with Gasteiger partial charge in [-0.05, 0) is 67.4 Å². The molecule has 2 aliphatic carbocycles. The lowest BCUT2D eigenvalue weighted by atomic mass is 9.83. The van der Waals surface area contributed by atoms with E-state index in [1.54, 1.807) is 0 Å². The third kappa shape index (κ3) is 1.90. The topological polar surface area (TPSA) is 17.1 Å². The lowest BCUT2D eigenvalue weighted by Gasteiger charge is -2.61. The van der Waals surface area contributed by atoms with Crippen LogP contribution in [0.5, 0.6) is 0 Å². The first-order chi connectivity index (χ1) is 10.5. The summed E-state index contributed by atoms with van der Waals surface area (Å²) in [4.78, 5) is 11.8. The van der Waals surface area contributed by atoms with Gasteiger partial charge in [0.2, 0.25) is 0 Å². The van der Waals surface area contributed by atoms with Crippen molar-refractivity contribution >= 4 is 27.6 Å². The fourth-order valence-electron chi connectivity index (χ4n) is 5.88. The Morgan fingerprint density at radius 3 is 2.91 bits per heavy atom. The Morgan fingerprint density at radius 1 is 1.32 bits per heavy atom. The van der Waals surface area contributed by atoms with E-state index in [-0.39, 0.29) is 0 Å². The molecule has 1 saturated carbocycles. The van der Waals surface area contributed by atoms with Crippen LogP contribution in [0.15, 0.2) is 23.8 Å². The molecule has 3 heteroatoms. The number of carbonyl (C=O) groups is 1. The highest BCUT2D eigenvalue weighted by Crippen LogP contribution is 2.71. The minimum Gasteiger partial charge on any atom is -0.295 e. The molecule has 0 bridgehead atoms. The van der Waals surface area contributed by atoms with Gasteiger partial charge < -0.3 is 0 Å². The molecule has 0 aromatic rings. The molecule has 22 heavy (non-hydrogen) atoms. The number of fused-ring (bicyclic) bond motifs is 5. The first kappa shape index (κ1) is 15.4. The van der Waals surface area contributed by atoms with Crippen molar-refractivity contribution in [2.45, 2.75) is 54.3 Å². The highest BCUT2D eigenvalue weighted by molar-refractivity contribution is 8.34. The van der Waals surface area contributed by atoms with Crippen molar-refractivity contribution in [2.75, 3.05) is 18.3 Å². The van der Waals surface area contributed by atoms with Crippen LogP contribution in [0.4, 0.5) is 0 Å². The van der Waals surface area contributed by atoms with E-state index in [0.29, 0.717) is 15.8 Å². The van der Waals surface area contributed by atoms with Gasteiger partial charge in [-0.3, -0.25) is 4.79 Å². The molecular weight excluding hydrogens is 308 g/mol. The standard InChI is InChI=1S/C19H28OS2/c1-13-4-7-16-18-8-5-14-12-15(20)6-9-17(14)22(18,3)11-10-19(13,16)21-2/h5,8,12-13,16-18H,4,6-7,9-11H2,1-3H3/t13-,16?,17?,18-,19-/m0/s1. The molecule has 0 amide bonds. The van der Waals surface area contributed by atoms with E-state index in [9.17, 15) is 4.79 Å². The Balaban J connectivity index is 1.76. The van der Waals surface area contributed by atoms with Crippen molar-refractivity contribution in [3.8, 4) is 0 Å². The summed E-state index contributed by atoms with van der Waals surface area (Å²) in [6.07, 6.45) is 17.9. The number of hydrogen-bond donors (Lipinski definition) is 0. The van der Waals surface area contributed by atoms with Crippen LogP contribution < -0.4 is 0 Å². The SMILES string of the molecule is CS[C@]12CCS3(C)C4CCC(=O)C=C4C=C[C@H]3C1CC[C@@H]2C. The Kier molecular flexibility index (Phi) is 3.62. The molecule has 0 spiro atoms. The average Bonchev–Trinajstić information content (AvgIpc) is 2.84. The third-order valence-electron chi connectivity index (χ3n) is 7.18. The second-order valence-electron chi connectivity index (χ2n) is 7.89. The molecule has 2 heterocycles. The summed E-state index contributed by atoms with van der Waals surface area (Å²) < 4.78 is 0.535. The van der Waals surface area contributed by atoms with E-state index in [1.807, 2.05) is 6.08 Å². The zero-order chi connectivity index (χ0) is 15.5. The number of ketones is 1. The van der Waals surface area contributed by atoms with Gasteiger partial charge in [0.15, 0.2) is 5.78 Å². The van der Waals surface area contributed by atoms with Crippen molar-refractivity contribution in [2.24, 2.45) is 11.8 Å². The maximum absolute atomic E-state index is 11.8. The molecule has 0 aromatic carbocycles. The predicted molar refractivity (Wildman–Crippen MR) is 100 cm³/mol. The molecular formula is C19H28OS2. The highest BCUT2D eigenvalue weighted by atomic mass is 32.3. The van der Waals surface area contributed by atoms with Gasteiger partial charge in [0.25, 0.3) is 0 Å². The van der Waals surface area contributed by atoms with Gasteiger partial charge >= 0.3 is 0 Å². The quantitative estimate of drug-likeness (QED) is 0.698. The van der Waals surface area contributed by atoms with Crippen LogP contribution in [-0.2, 0) is 4.79 Å². The van der Waals surface area contributed by atoms with Gasteiger partial charge in [0.1, 0.15) is 0 Å². The molecule has 4 rings (SSSR count). The van der Waals surface area contributed by atoms with Gasteiger partial charge in [-0.1, -0.05) is 19.1 Å². The van der Waals surface area contributed by atoms with Crippen molar-refractivity contribution < 1.29 is 4.79 Å². The molecule has 1 nitrogen and oxygen atoms in total. The summed E-state index contributed by atoms with van der Waals surface area (Å²) in [5.41, 5.74) is 1.37. The molecule has 6 atom stereocenters. The lowest BCUT2D eigenvalue weighted by Crippen LogP contribution is -2.52. The molecule has 0 aromatic heterocycles. The maximum Gasteiger partial charge on any atom is 0.156 e. The zero-order valence-corrected chi connectivity index (χ0v) is 15.6. The Hall–Kier alpha value is -0.150. The second-order valence-corrected chi connectivity index (χ2v) is 13.0. The van der Waals surface area contributed by atoms with Gasteiger partial charge in [-0.25, -0.2) is 10.0 Å². The predicted octanol–water partition coefficient (Wildman–Crippen LogP) is 4.57. The lowest BCUT2D eigenvalue weighted by molar-refractivity contribution is -0.115. The first-order valence-corrected chi connectivity index (χ1v) is 12.3. The van der Waals surface area contributed by atoms with Crippen molar-refractivity contribution in [1.82, 2.24) is 0 Å². The van der Waals surface area contributed by atoms with Gasteiger partial charge in [-0.15, -0.1) is 0 Å². The largest absolute Gasteiger partial charge is 0.295 e. The van der Waals surface area contributed by atoms with E-state index in [2.05, 4.69) is 43.3 Å². The van der Waals surface area contributed by atoms with E-state index < -0.39 is 10.0 Å². The average molecular weight is 337 g/mol. The smallest absolute Gasteiger partial charge is 0.156 e. The normalized spacial score (nSPS) is 53.0. The molecule has 122 valence electrons. The van der Waals surface area contributed by atoms with E-state index in [0.717, 1.165) is 29.9 Å². The molecule has 0 radical (unpaired) electrons. The van der Waals surface area contributed by atoms with E-state index >= 15 is 0 Å². The Bertz CT molecular complexity index is 566. The Morgan fingerprint density at radius 2 is 2.14 bits per heavy atom. The number of rotatable bonds is 1. The zero-order valence-electron chi connectivity index (χ0n) is 14.0. The summed E-state index contributed by atoms with van der Waals surface area (Å²) >= 11 is 2.17. The van der Waals surface area contributed by atoms with Gasteiger partial charge in [-0.2, -0.15) is 11.8 Å². The van der Waals surface area contributed by atoms with Crippen LogP contribution in [0, 0.1) is 11.8 Å². The van der Waals surface area contributed by atoms with Crippen LogP contribution in [0.1, 0.15) is 39.0 Å². The van der Waals surface area contributed by atoms with Gasteiger partial charge in [0.05, 0.1) is 0 Å². The fraction of sp³-hybridized carbons (Fsp3) is 0.737. The minimum absolute atomic E-state index is 0.348. The molecule has 2 fully saturated rings. The minimum atomic E-state index is -0.653. The first-order valence-electron chi connectivity index (χ1n) is 8.73. The van der Waals surface area contributed by atoms with Crippen LogP contribution in [-0.4, -0.2) is 39.3 Å². The number of carbonyl (C=O) groups excluding carboxylic acids is 1. The maximum atomic E-state index is 11.8. The molecule has 3 unspecified atom stereocenters. The van der Waals surface area contributed by atoms with Crippen LogP contribution in [0.25, 0.3) is 0 Å². The summed E-state index contributed by atoms with van der Waals surface area (Å²) in [5.74, 6) is 3.51. The number of hydrogen-bond acceptors (Lipinski definition) is 2. The highest BCUT2D eigenvalue weighted by Gasteiger charge is 2.58.